The van der Waals surface area contributed by atoms with Gasteiger partial charge in [-0.05, 0) is 6.07 Å². The number of aliphatic hydroxyl groups is 2. The van der Waals surface area contributed by atoms with Gasteiger partial charge in [0.15, 0.2) is 0 Å². The van der Waals surface area contributed by atoms with E-state index in [1.165, 1.54) is 12.1 Å². The van der Waals surface area contributed by atoms with Crippen LogP contribution in [-0.2, 0) is 4.79 Å². The van der Waals surface area contributed by atoms with E-state index in [1.807, 2.05) is 0 Å². The van der Waals surface area contributed by atoms with Crippen LogP contribution in [0.2, 0.25) is 5.02 Å². The first kappa shape index (κ1) is 12.9. The summed E-state index contributed by atoms with van der Waals surface area (Å²) in [7, 11) is 0. The smallest absolute Gasteiger partial charge is 0.220 e. The van der Waals surface area contributed by atoms with Gasteiger partial charge in [-0.1, -0.05) is 23.7 Å². The summed E-state index contributed by atoms with van der Waals surface area (Å²) < 4.78 is 13.0. The number of primary amides is 1. The van der Waals surface area contributed by atoms with E-state index >= 15 is 0 Å². The van der Waals surface area contributed by atoms with E-state index in [1.54, 1.807) is 0 Å². The SMILES string of the molecule is NC(=O)CC(O)C(O)c1cccc(F)c1Cl. The second kappa shape index (κ2) is 5.25. The van der Waals surface area contributed by atoms with Crippen LogP contribution >= 0.6 is 11.6 Å². The molecule has 16 heavy (non-hydrogen) atoms. The third-order valence-corrected chi connectivity index (χ3v) is 2.47. The van der Waals surface area contributed by atoms with E-state index in [9.17, 15) is 19.4 Å². The lowest BCUT2D eigenvalue weighted by Crippen LogP contribution is -2.25. The molecule has 0 aromatic heterocycles. The maximum absolute atomic E-state index is 13.0. The Hall–Kier alpha value is -1.17. The average Bonchev–Trinajstić information content (AvgIpc) is 2.20. The third kappa shape index (κ3) is 2.91. The standard InChI is InChI=1S/C10H11ClFNO3/c11-9-5(2-1-3-6(9)12)10(16)7(14)4-8(13)15/h1-3,7,10,14,16H,4H2,(H2,13,15). The predicted octanol–water partition coefficient (Wildman–Crippen LogP) is 0.749. The first-order valence-electron chi connectivity index (χ1n) is 4.51. The monoisotopic (exact) mass is 247 g/mol. The van der Waals surface area contributed by atoms with Gasteiger partial charge >= 0.3 is 0 Å². The Morgan fingerprint density at radius 2 is 2.12 bits per heavy atom. The van der Waals surface area contributed by atoms with E-state index in [-0.39, 0.29) is 10.6 Å². The largest absolute Gasteiger partial charge is 0.390 e. The molecule has 0 heterocycles. The molecule has 6 heteroatoms. The molecule has 0 aliphatic heterocycles. The van der Waals surface area contributed by atoms with Gasteiger partial charge < -0.3 is 15.9 Å². The predicted molar refractivity (Wildman–Crippen MR) is 56.2 cm³/mol. The summed E-state index contributed by atoms with van der Waals surface area (Å²) in [6.07, 6.45) is -3.28. The highest BCUT2D eigenvalue weighted by Gasteiger charge is 2.23. The summed E-state index contributed by atoms with van der Waals surface area (Å²) in [4.78, 5) is 10.5. The van der Waals surface area contributed by atoms with E-state index < -0.39 is 30.4 Å². The fraction of sp³-hybridized carbons (Fsp3) is 0.300. The molecule has 4 nitrogen and oxygen atoms in total. The van der Waals surface area contributed by atoms with E-state index in [0.29, 0.717) is 0 Å². The molecule has 0 radical (unpaired) electrons. The number of hydrogen-bond acceptors (Lipinski definition) is 3. The zero-order chi connectivity index (χ0) is 12.3. The van der Waals surface area contributed by atoms with Gasteiger partial charge in [-0.3, -0.25) is 4.79 Å². The van der Waals surface area contributed by atoms with E-state index in [4.69, 9.17) is 17.3 Å². The second-order valence-electron chi connectivity index (χ2n) is 3.33. The highest BCUT2D eigenvalue weighted by molar-refractivity contribution is 6.31. The number of benzene rings is 1. The van der Waals surface area contributed by atoms with Crippen LogP contribution in [0.15, 0.2) is 18.2 Å². The fourth-order valence-corrected chi connectivity index (χ4v) is 1.51. The van der Waals surface area contributed by atoms with Crippen molar-refractivity contribution in [2.24, 2.45) is 5.73 Å². The highest BCUT2D eigenvalue weighted by Crippen LogP contribution is 2.28. The summed E-state index contributed by atoms with van der Waals surface area (Å²) in [5.74, 6) is -1.47. The molecule has 0 spiro atoms. The van der Waals surface area contributed by atoms with E-state index in [2.05, 4.69) is 0 Å². The van der Waals surface area contributed by atoms with Crippen molar-refractivity contribution in [1.82, 2.24) is 0 Å². The number of halogens is 2. The molecule has 0 saturated carbocycles. The van der Waals surface area contributed by atoms with Crippen LogP contribution in [-0.4, -0.2) is 22.2 Å². The van der Waals surface area contributed by atoms with Crippen LogP contribution in [0.1, 0.15) is 18.1 Å². The molecule has 2 unspecified atom stereocenters. The lowest BCUT2D eigenvalue weighted by Gasteiger charge is -2.18. The molecule has 0 bridgehead atoms. The Bertz CT molecular complexity index is 400. The minimum Gasteiger partial charge on any atom is -0.390 e. The van der Waals surface area contributed by atoms with Crippen LogP contribution < -0.4 is 5.73 Å². The molecule has 88 valence electrons. The maximum atomic E-state index is 13.0. The molecule has 0 saturated heterocycles. The van der Waals surface area contributed by atoms with Crippen molar-refractivity contribution in [3.8, 4) is 0 Å². The van der Waals surface area contributed by atoms with Crippen LogP contribution in [0.3, 0.4) is 0 Å². The van der Waals surface area contributed by atoms with Gasteiger partial charge in [-0.25, -0.2) is 4.39 Å². The van der Waals surface area contributed by atoms with Crippen LogP contribution in [0.5, 0.6) is 0 Å². The van der Waals surface area contributed by atoms with Gasteiger partial charge in [-0.15, -0.1) is 0 Å². The average molecular weight is 248 g/mol. The molecule has 1 rings (SSSR count). The normalized spacial score (nSPS) is 14.5. The number of nitrogens with two attached hydrogens (primary N) is 1. The molecule has 1 aromatic rings. The number of carbonyl (C=O) groups excluding carboxylic acids is 1. The Balaban J connectivity index is 2.91. The number of carbonyl (C=O) groups is 1. The highest BCUT2D eigenvalue weighted by atomic mass is 35.5. The third-order valence-electron chi connectivity index (χ3n) is 2.07. The Kier molecular flexibility index (Phi) is 4.23. The molecular weight excluding hydrogens is 237 g/mol. The van der Waals surface area contributed by atoms with Crippen LogP contribution in [0, 0.1) is 5.82 Å². The van der Waals surface area contributed by atoms with Crippen molar-refractivity contribution in [1.29, 1.82) is 0 Å². The van der Waals surface area contributed by atoms with Gasteiger partial charge in [0.25, 0.3) is 0 Å². The lowest BCUT2D eigenvalue weighted by molar-refractivity contribution is -0.121. The van der Waals surface area contributed by atoms with Crippen molar-refractivity contribution in [2.75, 3.05) is 0 Å². The molecule has 0 aliphatic carbocycles. The summed E-state index contributed by atoms with van der Waals surface area (Å²) in [5, 5.41) is 18.8. The topological polar surface area (TPSA) is 83.6 Å². The number of aliphatic hydroxyl groups excluding tert-OH is 2. The van der Waals surface area contributed by atoms with Crippen molar-refractivity contribution in [3.63, 3.8) is 0 Å². The van der Waals surface area contributed by atoms with Crippen molar-refractivity contribution in [2.45, 2.75) is 18.6 Å². The first-order chi connectivity index (χ1) is 7.43. The maximum Gasteiger partial charge on any atom is 0.220 e. The first-order valence-corrected chi connectivity index (χ1v) is 4.89. The lowest BCUT2D eigenvalue weighted by atomic mass is 10.0. The number of hydrogen-bond donors (Lipinski definition) is 3. The Labute approximate surface area is 96.4 Å². The summed E-state index contributed by atoms with van der Waals surface area (Å²) in [6.45, 7) is 0. The molecular formula is C10H11ClFNO3. The Morgan fingerprint density at radius 3 is 2.69 bits per heavy atom. The molecule has 0 fully saturated rings. The fourth-order valence-electron chi connectivity index (χ4n) is 1.27. The molecule has 1 amide bonds. The number of rotatable bonds is 4. The van der Waals surface area contributed by atoms with Crippen molar-refractivity contribution >= 4 is 17.5 Å². The zero-order valence-corrected chi connectivity index (χ0v) is 8.99. The van der Waals surface area contributed by atoms with Gasteiger partial charge in [0, 0.05) is 5.56 Å². The summed E-state index contributed by atoms with van der Waals surface area (Å²) in [5.41, 5.74) is 4.88. The molecule has 0 aliphatic rings. The Morgan fingerprint density at radius 1 is 1.50 bits per heavy atom. The second-order valence-corrected chi connectivity index (χ2v) is 3.70. The minimum absolute atomic E-state index is 0.0235. The molecule has 2 atom stereocenters. The van der Waals surface area contributed by atoms with Gasteiger partial charge in [0.2, 0.25) is 5.91 Å². The van der Waals surface area contributed by atoms with E-state index in [0.717, 1.165) is 6.07 Å². The minimum atomic E-state index is -1.45. The molecule has 1 aromatic carbocycles. The van der Waals surface area contributed by atoms with Gasteiger partial charge in [-0.2, -0.15) is 0 Å². The molecule has 4 N–H and O–H groups in total. The summed E-state index contributed by atoms with van der Waals surface area (Å²) in [6, 6.07) is 3.83. The van der Waals surface area contributed by atoms with Crippen molar-refractivity contribution < 1.29 is 19.4 Å². The quantitative estimate of drug-likeness (QED) is 0.734. The van der Waals surface area contributed by atoms with Gasteiger partial charge in [0.05, 0.1) is 17.5 Å². The van der Waals surface area contributed by atoms with Crippen LogP contribution in [0.25, 0.3) is 0 Å². The van der Waals surface area contributed by atoms with Crippen LogP contribution in [0.4, 0.5) is 4.39 Å². The zero-order valence-electron chi connectivity index (χ0n) is 8.23. The van der Waals surface area contributed by atoms with Gasteiger partial charge in [0.1, 0.15) is 11.9 Å². The number of amides is 1. The summed E-state index contributed by atoms with van der Waals surface area (Å²) >= 11 is 5.61. The van der Waals surface area contributed by atoms with Crippen molar-refractivity contribution in [3.05, 3.63) is 34.6 Å².